The fourth-order valence-corrected chi connectivity index (χ4v) is 2.31. The topological polar surface area (TPSA) is 57.2 Å². The molecule has 2 aromatic rings. The van der Waals surface area contributed by atoms with Crippen LogP contribution < -0.4 is 0 Å². The lowest BCUT2D eigenvalue weighted by atomic mass is 10.2. The van der Waals surface area contributed by atoms with E-state index >= 15 is 0 Å². The van der Waals surface area contributed by atoms with Gasteiger partial charge in [0.05, 0.1) is 18.8 Å². The number of carbonyl (C=O) groups is 1. The first-order chi connectivity index (χ1) is 8.72. The van der Waals surface area contributed by atoms with E-state index in [4.69, 9.17) is 9.68 Å². The number of thiophene rings is 1. The molecule has 0 bridgehead atoms. The first kappa shape index (κ1) is 12.4. The highest BCUT2D eigenvalue weighted by Gasteiger charge is 2.23. The van der Waals surface area contributed by atoms with E-state index in [0.717, 1.165) is 4.88 Å². The summed E-state index contributed by atoms with van der Waals surface area (Å²) in [5.74, 6) is 0.389. The number of rotatable bonds is 4. The van der Waals surface area contributed by atoms with Crippen molar-refractivity contribution in [3.8, 4) is 6.07 Å². The molecule has 0 aliphatic rings. The maximum Gasteiger partial charge on any atom is 0.228 e. The van der Waals surface area contributed by atoms with Crippen LogP contribution in [0, 0.1) is 11.3 Å². The van der Waals surface area contributed by atoms with E-state index in [2.05, 4.69) is 6.07 Å². The molecule has 1 atom stereocenters. The average Bonchev–Trinajstić information content (AvgIpc) is 3.02. The normalized spacial score (nSPS) is 11.8. The summed E-state index contributed by atoms with van der Waals surface area (Å²) in [6.07, 6.45) is 1.81. The van der Waals surface area contributed by atoms with Crippen molar-refractivity contribution in [2.75, 3.05) is 7.05 Å². The average molecular weight is 260 g/mol. The SMILES string of the molecule is CN(C(=O)Cc1cccs1)C(C#N)c1ccco1. The Labute approximate surface area is 109 Å². The van der Waals surface area contributed by atoms with Gasteiger partial charge in [-0.05, 0) is 23.6 Å². The third kappa shape index (κ3) is 2.60. The second-order valence-corrected chi connectivity index (χ2v) is 4.84. The van der Waals surface area contributed by atoms with Gasteiger partial charge in [-0.2, -0.15) is 5.26 Å². The number of amides is 1. The van der Waals surface area contributed by atoms with Gasteiger partial charge in [0.1, 0.15) is 5.76 Å². The minimum atomic E-state index is -0.674. The van der Waals surface area contributed by atoms with E-state index in [1.54, 1.807) is 19.2 Å². The van der Waals surface area contributed by atoms with Gasteiger partial charge in [-0.25, -0.2) is 0 Å². The fraction of sp³-hybridized carbons (Fsp3) is 0.231. The first-order valence-electron chi connectivity index (χ1n) is 5.43. The van der Waals surface area contributed by atoms with Crippen molar-refractivity contribution in [2.45, 2.75) is 12.5 Å². The second-order valence-electron chi connectivity index (χ2n) is 3.81. The molecule has 92 valence electrons. The van der Waals surface area contributed by atoms with Crippen molar-refractivity contribution >= 4 is 17.2 Å². The van der Waals surface area contributed by atoms with Crippen molar-refractivity contribution in [2.24, 2.45) is 0 Å². The van der Waals surface area contributed by atoms with Crippen LogP contribution in [0.1, 0.15) is 16.7 Å². The quantitative estimate of drug-likeness (QED) is 0.849. The van der Waals surface area contributed by atoms with E-state index < -0.39 is 6.04 Å². The van der Waals surface area contributed by atoms with Gasteiger partial charge >= 0.3 is 0 Å². The van der Waals surface area contributed by atoms with Gasteiger partial charge in [0, 0.05) is 11.9 Å². The monoisotopic (exact) mass is 260 g/mol. The summed E-state index contributed by atoms with van der Waals surface area (Å²) in [6.45, 7) is 0. The number of likely N-dealkylation sites (N-methyl/N-ethyl adjacent to an activating group) is 1. The Kier molecular flexibility index (Phi) is 3.80. The Balaban J connectivity index is 2.08. The summed E-state index contributed by atoms with van der Waals surface area (Å²) in [4.78, 5) is 14.4. The molecule has 0 N–H and O–H groups in total. The van der Waals surface area contributed by atoms with Crippen LogP contribution in [0.2, 0.25) is 0 Å². The Bertz CT molecular complexity index is 540. The molecule has 0 aliphatic heterocycles. The summed E-state index contributed by atoms with van der Waals surface area (Å²) in [6, 6.07) is 8.62. The van der Waals surface area contributed by atoms with Crippen LogP contribution in [-0.2, 0) is 11.2 Å². The van der Waals surface area contributed by atoms with Gasteiger partial charge < -0.3 is 9.32 Å². The molecule has 2 heterocycles. The van der Waals surface area contributed by atoms with Crippen molar-refractivity contribution in [3.63, 3.8) is 0 Å². The molecule has 0 saturated carbocycles. The van der Waals surface area contributed by atoms with Crippen molar-refractivity contribution in [3.05, 3.63) is 46.5 Å². The molecule has 0 spiro atoms. The van der Waals surface area contributed by atoms with Gasteiger partial charge in [-0.1, -0.05) is 6.07 Å². The minimum absolute atomic E-state index is 0.0969. The fourth-order valence-electron chi connectivity index (χ4n) is 1.62. The number of furan rings is 1. The van der Waals surface area contributed by atoms with Crippen molar-refractivity contribution < 1.29 is 9.21 Å². The van der Waals surface area contributed by atoms with Gasteiger partial charge in [-0.15, -0.1) is 11.3 Å². The van der Waals surface area contributed by atoms with E-state index in [1.807, 2.05) is 17.5 Å². The van der Waals surface area contributed by atoms with Crippen LogP contribution in [0.3, 0.4) is 0 Å². The summed E-state index contributed by atoms with van der Waals surface area (Å²) >= 11 is 1.53. The number of nitrogens with zero attached hydrogens (tertiary/aromatic N) is 2. The Morgan fingerprint density at radius 3 is 2.94 bits per heavy atom. The zero-order valence-corrected chi connectivity index (χ0v) is 10.7. The number of hydrogen-bond acceptors (Lipinski definition) is 4. The minimum Gasteiger partial charge on any atom is -0.466 e. The molecule has 1 unspecified atom stereocenters. The van der Waals surface area contributed by atoms with Gasteiger partial charge in [0.2, 0.25) is 5.91 Å². The number of nitriles is 1. The standard InChI is InChI=1S/C13H12N2O2S/c1-15(11(9-14)12-5-2-6-17-12)13(16)8-10-4-3-7-18-10/h2-7,11H,8H2,1H3. The predicted molar refractivity (Wildman–Crippen MR) is 67.9 cm³/mol. The second kappa shape index (κ2) is 5.52. The smallest absolute Gasteiger partial charge is 0.228 e. The van der Waals surface area contributed by atoms with Crippen molar-refractivity contribution in [1.29, 1.82) is 5.26 Å². The summed E-state index contributed by atoms with van der Waals surface area (Å²) in [5.41, 5.74) is 0. The highest BCUT2D eigenvalue weighted by atomic mass is 32.1. The van der Waals surface area contributed by atoms with Crippen LogP contribution in [0.25, 0.3) is 0 Å². The zero-order valence-electron chi connectivity index (χ0n) is 9.87. The van der Waals surface area contributed by atoms with Crippen molar-refractivity contribution in [1.82, 2.24) is 4.90 Å². The molecule has 2 aromatic heterocycles. The maximum absolute atomic E-state index is 12.0. The molecular weight excluding hydrogens is 248 g/mol. The van der Waals surface area contributed by atoms with Crippen LogP contribution in [0.4, 0.5) is 0 Å². The Hall–Kier alpha value is -2.06. The lowest BCUT2D eigenvalue weighted by molar-refractivity contribution is -0.130. The number of carbonyl (C=O) groups excluding carboxylic acids is 1. The Morgan fingerprint density at radius 1 is 1.56 bits per heavy atom. The molecule has 1 amide bonds. The van der Waals surface area contributed by atoms with Crippen LogP contribution in [0.15, 0.2) is 40.3 Å². The molecule has 0 radical (unpaired) electrons. The van der Waals surface area contributed by atoms with Crippen LogP contribution in [0.5, 0.6) is 0 Å². The summed E-state index contributed by atoms with van der Waals surface area (Å²) in [5, 5.41) is 11.1. The van der Waals surface area contributed by atoms with E-state index in [9.17, 15) is 4.79 Å². The largest absolute Gasteiger partial charge is 0.466 e. The van der Waals surface area contributed by atoms with Gasteiger partial charge in [0.15, 0.2) is 6.04 Å². The lowest BCUT2D eigenvalue weighted by Crippen LogP contribution is -2.31. The summed E-state index contributed by atoms with van der Waals surface area (Å²) in [7, 11) is 1.62. The lowest BCUT2D eigenvalue weighted by Gasteiger charge is -2.20. The van der Waals surface area contributed by atoms with Crippen LogP contribution in [-0.4, -0.2) is 17.9 Å². The molecule has 18 heavy (non-hydrogen) atoms. The third-order valence-corrected chi connectivity index (χ3v) is 3.50. The molecule has 0 fully saturated rings. The van der Waals surface area contributed by atoms with Crippen LogP contribution >= 0.6 is 11.3 Å². The molecule has 0 aliphatic carbocycles. The maximum atomic E-state index is 12.0. The highest BCUT2D eigenvalue weighted by molar-refractivity contribution is 7.10. The van der Waals surface area contributed by atoms with E-state index in [-0.39, 0.29) is 5.91 Å². The Morgan fingerprint density at radius 2 is 2.39 bits per heavy atom. The van der Waals surface area contributed by atoms with Gasteiger partial charge in [0.25, 0.3) is 0 Å². The van der Waals surface area contributed by atoms with E-state index in [1.165, 1.54) is 22.5 Å². The predicted octanol–water partition coefficient (Wildman–Crippen LogP) is 2.61. The third-order valence-electron chi connectivity index (χ3n) is 2.62. The molecular formula is C13H12N2O2S. The molecule has 0 saturated heterocycles. The first-order valence-corrected chi connectivity index (χ1v) is 6.31. The molecule has 5 heteroatoms. The molecule has 4 nitrogen and oxygen atoms in total. The highest BCUT2D eigenvalue weighted by Crippen LogP contribution is 2.20. The molecule has 0 aromatic carbocycles. The molecule has 2 rings (SSSR count). The summed E-state index contributed by atoms with van der Waals surface area (Å²) < 4.78 is 5.18. The zero-order chi connectivity index (χ0) is 13.0. The van der Waals surface area contributed by atoms with E-state index in [0.29, 0.717) is 12.2 Å². The number of hydrogen-bond donors (Lipinski definition) is 0. The van der Waals surface area contributed by atoms with Gasteiger partial charge in [-0.3, -0.25) is 4.79 Å².